The lowest BCUT2D eigenvalue weighted by Gasteiger charge is -2.12. The number of ketones is 1. The van der Waals surface area contributed by atoms with Crippen LogP contribution in [0.2, 0.25) is 0 Å². The second kappa shape index (κ2) is 6.29. The van der Waals surface area contributed by atoms with Crippen molar-refractivity contribution in [2.45, 2.75) is 26.4 Å². The first-order valence-electron chi connectivity index (χ1n) is 6.57. The van der Waals surface area contributed by atoms with Crippen LogP contribution in [0.5, 0.6) is 5.88 Å². The van der Waals surface area contributed by atoms with E-state index in [1.165, 1.54) is 12.4 Å². The third-order valence-electron chi connectivity index (χ3n) is 2.99. The molecule has 1 unspecified atom stereocenters. The van der Waals surface area contributed by atoms with Gasteiger partial charge in [-0.15, -0.1) is 0 Å². The van der Waals surface area contributed by atoms with Gasteiger partial charge >= 0.3 is 0 Å². The van der Waals surface area contributed by atoms with E-state index in [1.807, 2.05) is 13.8 Å². The van der Waals surface area contributed by atoms with E-state index < -0.39 is 0 Å². The summed E-state index contributed by atoms with van der Waals surface area (Å²) < 4.78 is 5.76. The molecule has 2 rings (SSSR count). The van der Waals surface area contributed by atoms with Crippen LogP contribution in [0, 0.1) is 0 Å². The summed E-state index contributed by atoms with van der Waals surface area (Å²) in [5.74, 6) is 0.278. The van der Waals surface area contributed by atoms with E-state index in [0.29, 0.717) is 29.0 Å². The molecule has 0 aliphatic carbocycles. The van der Waals surface area contributed by atoms with Crippen molar-refractivity contribution in [2.24, 2.45) is 5.73 Å². The molecule has 0 saturated heterocycles. The van der Waals surface area contributed by atoms with Gasteiger partial charge in [0.1, 0.15) is 12.0 Å². The lowest BCUT2D eigenvalue weighted by molar-refractivity contribution is 0.104. The normalized spacial score (nSPS) is 12.9. The highest BCUT2D eigenvalue weighted by Gasteiger charge is 2.17. The number of nitrogens with zero attached hydrogens (tertiary/aromatic N) is 2. The molecule has 106 valence electrons. The summed E-state index contributed by atoms with van der Waals surface area (Å²) in [7, 11) is 0. The van der Waals surface area contributed by atoms with Gasteiger partial charge in [0.15, 0.2) is 5.78 Å². The molecule has 2 heterocycles. The number of H-pyrrole nitrogens is 1. The predicted molar refractivity (Wildman–Crippen MR) is 76.8 cm³/mol. The first-order valence-corrected chi connectivity index (χ1v) is 6.57. The van der Waals surface area contributed by atoms with Gasteiger partial charge in [0.2, 0.25) is 5.88 Å². The molecule has 0 radical (unpaired) electrons. The van der Waals surface area contributed by atoms with Crippen molar-refractivity contribution < 1.29 is 9.53 Å². The summed E-state index contributed by atoms with van der Waals surface area (Å²) in [6.45, 7) is 4.30. The number of hydrogen-bond donors (Lipinski definition) is 2. The van der Waals surface area contributed by atoms with Gasteiger partial charge in [-0.25, -0.2) is 9.97 Å². The van der Waals surface area contributed by atoms with E-state index in [9.17, 15) is 4.79 Å². The second-order valence-corrected chi connectivity index (χ2v) is 4.44. The lowest BCUT2D eigenvalue weighted by Crippen LogP contribution is -2.11. The van der Waals surface area contributed by atoms with E-state index in [1.54, 1.807) is 12.3 Å². The molecule has 2 aromatic heterocycles. The number of ether oxygens (including phenoxy) is 1. The summed E-state index contributed by atoms with van der Waals surface area (Å²) in [6, 6.07) is 0. The summed E-state index contributed by atoms with van der Waals surface area (Å²) >= 11 is 0. The van der Waals surface area contributed by atoms with Crippen molar-refractivity contribution in [3.8, 4) is 5.88 Å². The summed E-state index contributed by atoms with van der Waals surface area (Å²) in [4.78, 5) is 23.3. The Morgan fingerprint density at radius 3 is 3.05 bits per heavy atom. The number of hydrogen-bond acceptors (Lipinski definition) is 5. The molecule has 0 saturated carbocycles. The fourth-order valence-electron chi connectivity index (χ4n) is 1.76. The molecule has 0 aliphatic heterocycles. The number of allylic oxidation sites excluding steroid dienone is 1. The van der Waals surface area contributed by atoms with Gasteiger partial charge in [-0.05, 0) is 19.4 Å². The molecule has 20 heavy (non-hydrogen) atoms. The molecule has 6 nitrogen and oxygen atoms in total. The summed E-state index contributed by atoms with van der Waals surface area (Å²) in [5.41, 5.74) is 6.44. The van der Waals surface area contributed by atoms with Crippen LogP contribution in [0.25, 0.3) is 11.0 Å². The van der Waals surface area contributed by atoms with Gasteiger partial charge < -0.3 is 15.5 Å². The van der Waals surface area contributed by atoms with Crippen LogP contribution in [0.4, 0.5) is 0 Å². The van der Waals surface area contributed by atoms with Gasteiger partial charge in [0.25, 0.3) is 0 Å². The maximum atomic E-state index is 12.1. The van der Waals surface area contributed by atoms with Crippen LogP contribution in [0.15, 0.2) is 24.7 Å². The standard InChI is InChI=1S/C14H18N4O2/c1-3-9(2)20-14-12-10(11(19)5-4-6-15)7-16-13(12)17-8-18-14/h4-5,7-9H,3,6,15H2,1-2H3,(H,16,17,18)/b5-4+. The van der Waals surface area contributed by atoms with Crippen molar-refractivity contribution >= 4 is 16.8 Å². The van der Waals surface area contributed by atoms with Gasteiger partial charge in [-0.1, -0.05) is 13.0 Å². The summed E-state index contributed by atoms with van der Waals surface area (Å²) in [6.07, 6.45) is 6.97. The Hall–Kier alpha value is -2.21. The molecule has 0 aromatic carbocycles. The lowest BCUT2D eigenvalue weighted by atomic mass is 10.1. The predicted octanol–water partition coefficient (Wildman–Crippen LogP) is 1.83. The molecule has 3 N–H and O–H groups in total. The number of fused-ring (bicyclic) bond motifs is 1. The Morgan fingerprint density at radius 1 is 1.55 bits per heavy atom. The molecular formula is C14H18N4O2. The van der Waals surface area contributed by atoms with Crippen molar-refractivity contribution in [1.82, 2.24) is 15.0 Å². The van der Waals surface area contributed by atoms with E-state index in [0.717, 1.165) is 6.42 Å². The van der Waals surface area contributed by atoms with Gasteiger partial charge in [-0.2, -0.15) is 0 Å². The first kappa shape index (κ1) is 14.2. The monoisotopic (exact) mass is 274 g/mol. The number of aromatic amines is 1. The number of nitrogens with one attached hydrogen (secondary N) is 1. The molecule has 0 amide bonds. The van der Waals surface area contributed by atoms with Gasteiger partial charge in [0, 0.05) is 12.7 Å². The highest BCUT2D eigenvalue weighted by atomic mass is 16.5. The number of carbonyl (C=O) groups excluding carboxylic acids is 1. The molecule has 0 bridgehead atoms. The fourth-order valence-corrected chi connectivity index (χ4v) is 1.76. The van der Waals surface area contributed by atoms with Crippen molar-refractivity contribution in [1.29, 1.82) is 0 Å². The van der Waals surface area contributed by atoms with Crippen LogP contribution in [-0.4, -0.2) is 33.4 Å². The average molecular weight is 274 g/mol. The molecule has 0 fully saturated rings. The largest absolute Gasteiger partial charge is 0.474 e. The zero-order valence-corrected chi connectivity index (χ0v) is 11.6. The number of aromatic nitrogens is 3. The Balaban J connectivity index is 2.46. The molecule has 0 aliphatic rings. The van der Waals surface area contributed by atoms with Crippen LogP contribution < -0.4 is 10.5 Å². The zero-order valence-electron chi connectivity index (χ0n) is 11.6. The van der Waals surface area contributed by atoms with E-state index in [-0.39, 0.29) is 11.9 Å². The highest BCUT2D eigenvalue weighted by molar-refractivity contribution is 6.13. The second-order valence-electron chi connectivity index (χ2n) is 4.44. The SMILES string of the molecule is CCC(C)Oc1ncnc2[nH]cc(C(=O)/C=C/CN)c12. The Bertz CT molecular complexity index is 633. The summed E-state index contributed by atoms with van der Waals surface area (Å²) in [5, 5.41) is 0.611. The quantitative estimate of drug-likeness (QED) is 0.619. The van der Waals surface area contributed by atoms with Crippen LogP contribution in [0.3, 0.4) is 0 Å². The number of nitrogens with two attached hydrogens (primary N) is 1. The van der Waals surface area contributed by atoms with Crippen molar-refractivity contribution in [3.05, 3.63) is 30.2 Å². The van der Waals surface area contributed by atoms with Crippen LogP contribution in [0.1, 0.15) is 30.6 Å². The minimum atomic E-state index is -0.148. The van der Waals surface area contributed by atoms with Crippen molar-refractivity contribution in [3.63, 3.8) is 0 Å². The zero-order chi connectivity index (χ0) is 14.5. The van der Waals surface area contributed by atoms with Gasteiger partial charge in [0.05, 0.1) is 17.1 Å². The third-order valence-corrected chi connectivity index (χ3v) is 2.99. The van der Waals surface area contributed by atoms with E-state index >= 15 is 0 Å². The van der Waals surface area contributed by atoms with E-state index in [4.69, 9.17) is 10.5 Å². The molecule has 6 heteroatoms. The van der Waals surface area contributed by atoms with E-state index in [2.05, 4.69) is 15.0 Å². The molecule has 0 spiro atoms. The number of carbonyl (C=O) groups is 1. The minimum absolute atomic E-state index is 0.0190. The highest BCUT2D eigenvalue weighted by Crippen LogP contribution is 2.26. The minimum Gasteiger partial charge on any atom is -0.474 e. The fraction of sp³-hybridized carbons (Fsp3) is 0.357. The molecule has 2 aromatic rings. The number of rotatable bonds is 6. The average Bonchev–Trinajstić information content (AvgIpc) is 2.89. The third kappa shape index (κ3) is 2.85. The first-order chi connectivity index (χ1) is 9.67. The Morgan fingerprint density at radius 2 is 2.35 bits per heavy atom. The Labute approximate surface area is 117 Å². The Kier molecular flexibility index (Phi) is 4.47. The molecule has 1 atom stereocenters. The van der Waals surface area contributed by atoms with Gasteiger partial charge in [-0.3, -0.25) is 4.79 Å². The smallest absolute Gasteiger partial charge is 0.227 e. The maximum Gasteiger partial charge on any atom is 0.227 e. The van der Waals surface area contributed by atoms with Crippen LogP contribution in [-0.2, 0) is 0 Å². The molecular weight excluding hydrogens is 256 g/mol. The van der Waals surface area contributed by atoms with Crippen molar-refractivity contribution in [2.75, 3.05) is 6.54 Å². The maximum absolute atomic E-state index is 12.1. The topological polar surface area (TPSA) is 93.9 Å². The van der Waals surface area contributed by atoms with Crippen LogP contribution >= 0.6 is 0 Å².